The van der Waals surface area contributed by atoms with Gasteiger partial charge in [0.15, 0.2) is 0 Å². The van der Waals surface area contributed by atoms with Crippen molar-refractivity contribution in [3.8, 4) is 11.3 Å². The molecule has 114 valence electrons. The van der Waals surface area contributed by atoms with Gasteiger partial charge in [-0.1, -0.05) is 24.3 Å². The van der Waals surface area contributed by atoms with Crippen LogP contribution in [0, 0.1) is 0 Å². The summed E-state index contributed by atoms with van der Waals surface area (Å²) in [5.74, 6) is -0.0734. The summed E-state index contributed by atoms with van der Waals surface area (Å²) in [6.07, 6.45) is 8.59. The predicted molar refractivity (Wildman–Crippen MR) is 83.9 cm³/mol. The van der Waals surface area contributed by atoms with Crippen molar-refractivity contribution < 1.29 is 9.21 Å². The average Bonchev–Trinajstić information content (AvgIpc) is 3.24. The molecular weight excluding hydrogens is 290 g/mol. The molecule has 1 aliphatic heterocycles. The number of amides is 1. The van der Waals surface area contributed by atoms with Gasteiger partial charge in [-0.25, -0.2) is 4.98 Å². The maximum absolute atomic E-state index is 12.2. The smallest absolute Gasteiger partial charge is 0.254 e. The second-order valence-corrected chi connectivity index (χ2v) is 6.32. The number of imidazole rings is 1. The zero-order valence-electron chi connectivity index (χ0n) is 12.4. The van der Waals surface area contributed by atoms with E-state index in [2.05, 4.69) is 39.1 Å². The lowest BCUT2D eigenvalue weighted by Gasteiger charge is -2.47. The summed E-state index contributed by atoms with van der Waals surface area (Å²) in [6, 6.07) is 10.3. The third kappa shape index (κ3) is 1.62. The second kappa shape index (κ2) is 4.35. The lowest BCUT2D eigenvalue weighted by atomic mass is 9.68. The van der Waals surface area contributed by atoms with Gasteiger partial charge in [0.05, 0.1) is 35.6 Å². The number of benzene rings is 1. The minimum atomic E-state index is -0.0734. The molecule has 1 spiro atoms. The molecule has 5 heteroatoms. The lowest BCUT2D eigenvalue weighted by Crippen LogP contribution is -2.55. The van der Waals surface area contributed by atoms with E-state index in [1.165, 1.54) is 29.3 Å². The summed E-state index contributed by atoms with van der Waals surface area (Å²) in [6.45, 7) is 0. The summed E-state index contributed by atoms with van der Waals surface area (Å²) in [4.78, 5) is 16.5. The number of fused-ring (bicyclic) bond motifs is 5. The minimum absolute atomic E-state index is 0.0588. The fraction of sp³-hybridized carbons (Fsp3) is 0.222. The first-order valence-electron chi connectivity index (χ1n) is 7.74. The van der Waals surface area contributed by atoms with Crippen LogP contribution in [0.3, 0.4) is 0 Å². The molecule has 5 nitrogen and oxygen atoms in total. The Labute approximate surface area is 133 Å². The van der Waals surface area contributed by atoms with E-state index in [4.69, 9.17) is 4.42 Å². The SMILES string of the molecule is O=C(NC1CC2(C1)c1ccccc1-c1cncn12)c1ccoc1. The molecule has 1 aromatic carbocycles. The number of aromatic nitrogens is 2. The molecule has 2 aliphatic rings. The third-order valence-electron chi connectivity index (χ3n) is 5.09. The van der Waals surface area contributed by atoms with Crippen LogP contribution >= 0.6 is 0 Å². The molecule has 3 aromatic rings. The van der Waals surface area contributed by atoms with Crippen LogP contribution in [0.25, 0.3) is 11.3 Å². The Hall–Kier alpha value is -2.82. The van der Waals surface area contributed by atoms with Crippen LogP contribution in [0.4, 0.5) is 0 Å². The van der Waals surface area contributed by atoms with Crippen molar-refractivity contribution >= 4 is 5.91 Å². The van der Waals surface area contributed by atoms with Crippen molar-refractivity contribution in [2.45, 2.75) is 24.4 Å². The number of furan rings is 1. The van der Waals surface area contributed by atoms with Crippen molar-refractivity contribution in [1.82, 2.24) is 14.9 Å². The van der Waals surface area contributed by atoms with Crippen LogP contribution in [-0.4, -0.2) is 21.5 Å². The maximum Gasteiger partial charge on any atom is 0.254 e. The Bertz CT molecular complexity index is 889. The topological polar surface area (TPSA) is 60.1 Å². The van der Waals surface area contributed by atoms with Gasteiger partial charge < -0.3 is 14.3 Å². The van der Waals surface area contributed by atoms with E-state index in [0.717, 1.165) is 12.8 Å². The molecule has 0 atom stereocenters. The Balaban J connectivity index is 1.43. The summed E-state index contributed by atoms with van der Waals surface area (Å²) in [5, 5.41) is 3.09. The molecule has 1 aliphatic carbocycles. The minimum Gasteiger partial charge on any atom is -0.472 e. The van der Waals surface area contributed by atoms with Crippen LogP contribution in [0.1, 0.15) is 28.8 Å². The summed E-state index contributed by atoms with van der Waals surface area (Å²) in [7, 11) is 0. The van der Waals surface area contributed by atoms with Gasteiger partial charge in [-0.05, 0) is 24.5 Å². The third-order valence-corrected chi connectivity index (χ3v) is 5.09. The van der Waals surface area contributed by atoms with Gasteiger partial charge in [-0.15, -0.1) is 0 Å². The number of nitrogens with zero attached hydrogens (tertiary/aromatic N) is 2. The summed E-state index contributed by atoms with van der Waals surface area (Å²) < 4.78 is 7.23. The predicted octanol–water partition coefficient (Wildman–Crippen LogP) is 2.79. The van der Waals surface area contributed by atoms with Gasteiger partial charge in [-0.2, -0.15) is 0 Å². The first-order valence-corrected chi connectivity index (χ1v) is 7.74. The van der Waals surface area contributed by atoms with E-state index in [0.29, 0.717) is 5.56 Å². The van der Waals surface area contributed by atoms with Crippen LogP contribution in [0.5, 0.6) is 0 Å². The molecule has 2 aromatic heterocycles. The molecule has 0 radical (unpaired) electrons. The average molecular weight is 305 g/mol. The first kappa shape index (κ1) is 12.7. The largest absolute Gasteiger partial charge is 0.472 e. The van der Waals surface area contributed by atoms with E-state index in [1.54, 1.807) is 6.07 Å². The number of hydrogen-bond acceptors (Lipinski definition) is 3. The molecule has 1 fully saturated rings. The van der Waals surface area contributed by atoms with Crippen molar-refractivity contribution in [3.05, 3.63) is 66.5 Å². The maximum atomic E-state index is 12.2. The molecule has 3 heterocycles. The Kier molecular flexibility index (Phi) is 2.40. The standard InChI is InChI=1S/C18H15N3O2/c22-17(12-5-6-23-10-12)20-13-7-18(8-13)15-4-2-1-3-14(15)16-9-19-11-21(16)18/h1-6,9-11,13H,7-8H2,(H,20,22). The van der Waals surface area contributed by atoms with E-state index >= 15 is 0 Å². The quantitative estimate of drug-likeness (QED) is 0.792. The number of carbonyl (C=O) groups excluding carboxylic acids is 1. The van der Waals surface area contributed by atoms with E-state index in [9.17, 15) is 4.79 Å². The van der Waals surface area contributed by atoms with Gasteiger partial charge in [0.25, 0.3) is 5.91 Å². The van der Waals surface area contributed by atoms with Gasteiger partial charge in [0, 0.05) is 11.6 Å². The van der Waals surface area contributed by atoms with Crippen LogP contribution in [0.2, 0.25) is 0 Å². The van der Waals surface area contributed by atoms with E-state index in [1.807, 2.05) is 12.5 Å². The number of hydrogen-bond donors (Lipinski definition) is 1. The van der Waals surface area contributed by atoms with E-state index < -0.39 is 0 Å². The molecule has 0 saturated heterocycles. The highest BCUT2D eigenvalue weighted by molar-refractivity contribution is 5.94. The monoisotopic (exact) mass is 305 g/mol. The van der Waals surface area contributed by atoms with Gasteiger partial charge >= 0.3 is 0 Å². The highest BCUT2D eigenvalue weighted by Gasteiger charge is 2.52. The molecule has 0 unspecified atom stereocenters. The molecule has 0 bridgehead atoms. The van der Waals surface area contributed by atoms with Crippen molar-refractivity contribution in [1.29, 1.82) is 0 Å². The van der Waals surface area contributed by atoms with Crippen LogP contribution < -0.4 is 5.32 Å². The number of carbonyl (C=O) groups is 1. The Morgan fingerprint density at radius 1 is 1.30 bits per heavy atom. The molecule has 5 rings (SSSR count). The summed E-state index contributed by atoms with van der Waals surface area (Å²) in [5.41, 5.74) is 4.27. The zero-order chi connectivity index (χ0) is 15.4. The molecule has 1 saturated carbocycles. The summed E-state index contributed by atoms with van der Waals surface area (Å²) >= 11 is 0. The first-order chi connectivity index (χ1) is 11.3. The lowest BCUT2D eigenvalue weighted by molar-refractivity contribution is 0.0835. The normalized spacial score (nSPS) is 24.1. The highest BCUT2D eigenvalue weighted by Crippen LogP contribution is 2.54. The molecule has 1 N–H and O–H groups in total. The molecular formula is C18H15N3O2. The Morgan fingerprint density at radius 3 is 3.00 bits per heavy atom. The Morgan fingerprint density at radius 2 is 2.17 bits per heavy atom. The van der Waals surface area contributed by atoms with Gasteiger partial charge in [0.1, 0.15) is 6.26 Å². The van der Waals surface area contributed by atoms with Crippen molar-refractivity contribution in [2.24, 2.45) is 0 Å². The molecule has 23 heavy (non-hydrogen) atoms. The fourth-order valence-corrected chi connectivity index (χ4v) is 4.01. The number of rotatable bonds is 2. The van der Waals surface area contributed by atoms with E-state index in [-0.39, 0.29) is 17.5 Å². The van der Waals surface area contributed by atoms with Crippen LogP contribution in [-0.2, 0) is 5.54 Å². The zero-order valence-corrected chi connectivity index (χ0v) is 12.4. The van der Waals surface area contributed by atoms with Crippen molar-refractivity contribution in [3.63, 3.8) is 0 Å². The number of nitrogens with one attached hydrogen (secondary N) is 1. The second-order valence-electron chi connectivity index (χ2n) is 6.32. The highest BCUT2D eigenvalue weighted by atomic mass is 16.3. The van der Waals surface area contributed by atoms with Crippen LogP contribution in [0.15, 0.2) is 59.8 Å². The molecule has 1 amide bonds. The fourth-order valence-electron chi connectivity index (χ4n) is 4.01. The van der Waals surface area contributed by atoms with Crippen molar-refractivity contribution in [2.75, 3.05) is 0 Å². The van der Waals surface area contributed by atoms with Gasteiger partial charge in [-0.3, -0.25) is 4.79 Å². The van der Waals surface area contributed by atoms with Gasteiger partial charge in [0.2, 0.25) is 0 Å².